The van der Waals surface area contributed by atoms with Gasteiger partial charge in [-0.2, -0.15) is 5.10 Å². The SMILES string of the molecule is C=C(\C=C(C)/C(=C\C)/C=C(\C)c1cnn(C)c1)CC. The maximum atomic E-state index is 4.20. The minimum absolute atomic E-state index is 0.986. The first-order chi connectivity index (χ1) is 8.97. The third kappa shape index (κ3) is 4.40. The first-order valence-corrected chi connectivity index (χ1v) is 6.68. The van der Waals surface area contributed by atoms with Gasteiger partial charge >= 0.3 is 0 Å². The predicted octanol–water partition coefficient (Wildman–Crippen LogP) is 4.68. The van der Waals surface area contributed by atoms with E-state index in [0.29, 0.717) is 0 Å². The van der Waals surface area contributed by atoms with Gasteiger partial charge in [0.1, 0.15) is 0 Å². The van der Waals surface area contributed by atoms with Crippen LogP contribution in [0, 0.1) is 0 Å². The first kappa shape index (κ1) is 15.2. The van der Waals surface area contributed by atoms with Gasteiger partial charge in [-0.3, -0.25) is 4.68 Å². The van der Waals surface area contributed by atoms with Crippen LogP contribution in [-0.2, 0) is 7.05 Å². The van der Waals surface area contributed by atoms with Crippen LogP contribution in [0.1, 0.15) is 39.7 Å². The molecule has 0 amide bonds. The van der Waals surface area contributed by atoms with Crippen LogP contribution < -0.4 is 0 Å². The third-order valence-corrected chi connectivity index (χ3v) is 3.17. The van der Waals surface area contributed by atoms with E-state index in [2.05, 4.69) is 57.6 Å². The second kappa shape index (κ2) is 6.93. The molecule has 102 valence electrons. The van der Waals surface area contributed by atoms with E-state index >= 15 is 0 Å². The van der Waals surface area contributed by atoms with E-state index in [9.17, 15) is 0 Å². The first-order valence-electron chi connectivity index (χ1n) is 6.68. The summed E-state index contributed by atoms with van der Waals surface area (Å²) in [6, 6.07) is 0. The van der Waals surface area contributed by atoms with E-state index in [1.54, 1.807) is 0 Å². The van der Waals surface area contributed by atoms with Gasteiger partial charge in [0.25, 0.3) is 0 Å². The summed E-state index contributed by atoms with van der Waals surface area (Å²) in [5, 5.41) is 4.20. The van der Waals surface area contributed by atoms with Crippen molar-refractivity contribution in [3.05, 3.63) is 59.5 Å². The van der Waals surface area contributed by atoms with Crippen molar-refractivity contribution in [2.24, 2.45) is 7.05 Å². The van der Waals surface area contributed by atoms with Crippen molar-refractivity contribution in [1.82, 2.24) is 9.78 Å². The number of allylic oxidation sites excluding steroid dienone is 7. The normalized spacial score (nSPS) is 13.8. The molecule has 0 aliphatic rings. The number of nitrogens with zero attached hydrogens (tertiary/aromatic N) is 2. The van der Waals surface area contributed by atoms with Crippen LogP contribution >= 0.6 is 0 Å². The zero-order valence-electron chi connectivity index (χ0n) is 12.7. The van der Waals surface area contributed by atoms with E-state index < -0.39 is 0 Å². The highest BCUT2D eigenvalue weighted by molar-refractivity contribution is 5.67. The molecule has 0 radical (unpaired) electrons. The molecular weight excluding hydrogens is 232 g/mol. The summed E-state index contributed by atoms with van der Waals surface area (Å²) in [5.41, 5.74) is 6.01. The summed E-state index contributed by atoms with van der Waals surface area (Å²) >= 11 is 0. The quantitative estimate of drug-likeness (QED) is 0.699. The molecule has 0 spiro atoms. The minimum Gasteiger partial charge on any atom is -0.275 e. The molecule has 0 aromatic carbocycles. The maximum absolute atomic E-state index is 4.20. The summed E-state index contributed by atoms with van der Waals surface area (Å²) in [6.07, 6.45) is 11.4. The van der Waals surface area contributed by atoms with Gasteiger partial charge < -0.3 is 0 Å². The molecule has 1 aromatic heterocycles. The van der Waals surface area contributed by atoms with Crippen LogP contribution in [0.4, 0.5) is 0 Å². The molecule has 0 atom stereocenters. The van der Waals surface area contributed by atoms with Crippen LogP contribution in [0.5, 0.6) is 0 Å². The Hall–Kier alpha value is -1.83. The molecule has 1 heterocycles. The minimum atomic E-state index is 0.986. The highest BCUT2D eigenvalue weighted by Gasteiger charge is 2.02. The monoisotopic (exact) mass is 256 g/mol. The van der Waals surface area contributed by atoms with Gasteiger partial charge in [0.2, 0.25) is 0 Å². The van der Waals surface area contributed by atoms with Crippen molar-refractivity contribution in [1.29, 1.82) is 0 Å². The van der Waals surface area contributed by atoms with Crippen molar-refractivity contribution in [2.75, 3.05) is 0 Å². The fraction of sp³-hybridized carbons (Fsp3) is 0.353. The van der Waals surface area contributed by atoms with Crippen LogP contribution in [0.3, 0.4) is 0 Å². The van der Waals surface area contributed by atoms with Gasteiger partial charge in [0.05, 0.1) is 6.20 Å². The average molecular weight is 256 g/mol. The highest BCUT2D eigenvalue weighted by Crippen LogP contribution is 2.20. The molecule has 0 aliphatic heterocycles. The second-order valence-corrected chi connectivity index (χ2v) is 4.81. The Balaban J connectivity index is 3.00. The lowest BCUT2D eigenvalue weighted by Crippen LogP contribution is -1.86. The predicted molar refractivity (Wildman–Crippen MR) is 83.8 cm³/mol. The van der Waals surface area contributed by atoms with Gasteiger partial charge in [-0.1, -0.05) is 37.3 Å². The molecular formula is C17H24N2. The molecule has 1 aromatic rings. The average Bonchev–Trinajstić information content (AvgIpc) is 2.82. The molecule has 0 N–H and O–H groups in total. The van der Waals surface area contributed by atoms with Crippen LogP contribution in [0.25, 0.3) is 5.57 Å². The standard InChI is InChI=1S/C17H24N2/c1-7-13(3)9-14(4)16(8-2)10-15(5)17-11-18-19(6)12-17/h8-12H,3,7H2,1-2,4-6H3/b14-9-,15-10+,16-8-. The molecule has 19 heavy (non-hydrogen) atoms. The molecule has 2 heteroatoms. The largest absolute Gasteiger partial charge is 0.275 e. The van der Waals surface area contributed by atoms with Crippen molar-refractivity contribution in [2.45, 2.75) is 34.1 Å². The Labute approximate surface area is 116 Å². The lowest BCUT2D eigenvalue weighted by atomic mass is 10.00. The van der Waals surface area contributed by atoms with Crippen molar-refractivity contribution in [3.8, 4) is 0 Å². The summed E-state index contributed by atoms with van der Waals surface area (Å²) in [6.45, 7) is 12.5. The molecule has 0 saturated carbocycles. The van der Waals surface area contributed by atoms with E-state index in [4.69, 9.17) is 0 Å². The lowest BCUT2D eigenvalue weighted by Gasteiger charge is -2.05. The van der Waals surface area contributed by atoms with Crippen LogP contribution in [0.15, 0.2) is 53.9 Å². The van der Waals surface area contributed by atoms with Crippen molar-refractivity contribution >= 4 is 5.57 Å². The Bertz CT molecular complexity index is 539. The smallest absolute Gasteiger partial charge is 0.0564 e. The van der Waals surface area contributed by atoms with Crippen LogP contribution in [-0.4, -0.2) is 9.78 Å². The summed E-state index contributed by atoms with van der Waals surface area (Å²) in [4.78, 5) is 0. The highest BCUT2D eigenvalue weighted by atomic mass is 15.2. The van der Waals surface area contributed by atoms with Gasteiger partial charge in [0, 0.05) is 18.8 Å². The van der Waals surface area contributed by atoms with Gasteiger partial charge in [-0.25, -0.2) is 0 Å². The molecule has 0 saturated heterocycles. The Kier molecular flexibility index (Phi) is 5.56. The van der Waals surface area contributed by atoms with Gasteiger partial charge in [-0.05, 0) is 43.9 Å². The molecule has 1 rings (SSSR count). The third-order valence-electron chi connectivity index (χ3n) is 3.17. The number of rotatable bonds is 5. The summed E-state index contributed by atoms with van der Waals surface area (Å²) in [7, 11) is 1.93. The molecule has 0 unspecified atom stereocenters. The Morgan fingerprint density at radius 1 is 1.37 bits per heavy atom. The lowest BCUT2D eigenvalue weighted by molar-refractivity contribution is 0.767. The molecule has 2 nitrogen and oxygen atoms in total. The number of aryl methyl sites for hydroxylation is 1. The topological polar surface area (TPSA) is 17.8 Å². The fourth-order valence-corrected chi connectivity index (χ4v) is 1.86. The second-order valence-electron chi connectivity index (χ2n) is 4.81. The number of aromatic nitrogens is 2. The number of hydrogen-bond acceptors (Lipinski definition) is 1. The van der Waals surface area contributed by atoms with Gasteiger partial charge in [-0.15, -0.1) is 0 Å². The van der Waals surface area contributed by atoms with E-state index in [0.717, 1.165) is 17.6 Å². The van der Waals surface area contributed by atoms with Crippen molar-refractivity contribution < 1.29 is 0 Å². The molecule has 0 bridgehead atoms. The zero-order valence-corrected chi connectivity index (χ0v) is 12.7. The Morgan fingerprint density at radius 2 is 2.05 bits per heavy atom. The Morgan fingerprint density at radius 3 is 2.53 bits per heavy atom. The summed E-state index contributed by atoms with van der Waals surface area (Å²) < 4.78 is 1.82. The molecule has 0 fully saturated rings. The van der Waals surface area contributed by atoms with Gasteiger partial charge in [0.15, 0.2) is 0 Å². The van der Waals surface area contributed by atoms with Crippen LogP contribution in [0.2, 0.25) is 0 Å². The fourth-order valence-electron chi connectivity index (χ4n) is 1.86. The van der Waals surface area contributed by atoms with Crippen molar-refractivity contribution in [3.63, 3.8) is 0 Å². The number of hydrogen-bond donors (Lipinski definition) is 0. The van der Waals surface area contributed by atoms with E-state index in [1.165, 1.54) is 16.7 Å². The summed E-state index contributed by atoms with van der Waals surface area (Å²) in [5.74, 6) is 0. The zero-order chi connectivity index (χ0) is 14.4. The maximum Gasteiger partial charge on any atom is 0.0564 e. The van der Waals surface area contributed by atoms with E-state index in [-0.39, 0.29) is 0 Å². The molecule has 0 aliphatic carbocycles. The van der Waals surface area contributed by atoms with E-state index in [1.807, 2.05) is 24.1 Å².